The van der Waals surface area contributed by atoms with Crippen LogP contribution in [0.5, 0.6) is 0 Å². The van der Waals surface area contributed by atoms with Gasteiger partial charge in [-0.1, -0.05) is 0 Å². The number of hydrogen-bond donors (Lipinski definition) is 1. The lowest BCUT2D eigenvalue weighted by molar-refractivity contribution is -0.131. The molecule has 6 nitrogen and oxygen atoms in total. The highest BCUT2D eigenvalue weighted by molar-refractivity contribution is 7.89. The third kappa shape index (κ3) is 4.01. The molecule has 0 aromatic carbocycles. The molecule has 0 atom stereocenters. The maximum atomic E-state index is 11.9. The van der Waals surface area contributed by atoms with Gasteiger partial charge in [0.2, 0.25) is 15.9 Å². The second-order valence-electron chi connectivity index (χ2n) is 4.78. The van der Waals surface area contributed by atoms with E-state index in [1.807, 2.05) is 4.90 Å². The molecule has 1 fully saturated rings. The average Bonchev–Trinajstić information content (AvgIpc) is 2.49. The molecule has 20 heavy (non-hydrogen) atoms. The van der Waals surface area contributed by atoms with Crippen molar-refractivity contribution in [3.8, 4) is 0 Å². The van der Waals surface area contributed by atoms with E-state index in [1.165, 1.54) is 18.5 Å². The zero-order valence-electron chi connectivity index (χ0n) is 11.3. The molecule has 1 saturated heterocycles. The molecule has 2 heterocycles. The first-order valence-electron chi connectivity index (χ1n) is 6.77. The van der Waals surface area contributed by atoms with E-state index in [-0.39, 0.29) is 23.8 Å². The van der Waals surface area contributed by atoms with Crippen LogP contribution >= 0.6 is 0 Å². The number of carbonyl (C=O) groups excluding carboxylic acids is 1. The van der Waals surface area contributed by atoms with E-state index in [0.717, 1.165) is 32.4 Å². The van der Waals surface area contributed by atoms with Gasteiger partial charge in [-0.3, -0.25) is 9.78 Å². The van der Waals surface area contributed by atoms with E-state index in [4.69, 9.17) is 0 Å². The van der Waals surface area contributed by atoms with Crippen LogP contribution in [-0.4, -0.2) is 43.8 Å². The Hall–Kier alpha value is -1.47. The number of amides is 1. The van der Waals surface area contributed by atoms with E-state index < -0.39 is 10.0 Å². The number of nitrogens with one attached hydrogen (secondary N) is 1. The number of pyridine rings is 1. The van der Waals surface area contributed by atoms with Crippen molar-refractivity contribution >= 4 is 15.9 Å². The lowest BCUT2D eigenvalue weighted by Crippen LogP contribution is -2.37. The predicted molar refractivity (Wildman–Crippen MR) is 74.5 cm³/mol. The van der Waals surface area contributed by atoms with Gasteiger partial charge in [-0.25, -0.2) is 13.1 Å². The third-order valence-corrected chi connectivity index (χ3v) is 4.73. The topological polar surface area (TPSA) is 79.4 Å². The summed E-state index contributed by atoms with van der Waals surface area (Å²) in [6, 6.07) is 3.04. The lowest BCUT2D eigenvalue weighted by atomic mass is 10.1. The molecule has 0 radical (unpaired) electrons. The Balaban J connectivity index is 1.82. The second kappa shape index (κ2) is 6.81. The highest BCUT2D eigenvalue weighted by atomic mass is 32.2. The molecule has 0 saturated carbocycles. The average molecular weight is 297 g/mol. The standard InChI is InChI=1S/C13H19N3O3S/c17-13(16-9-2-1-3-10-16)6-8-15-20(18,19)12-5-4-7-14-11-12/h4-5,7,11,15H,1-3,6,8-10H2. The largest absolute Gasteiger partial charge is 0.343 e. The summed E-state index contributed by atoms with van der Waals surface area (Å²) >= 11 is 0. The summed E-state index contributed by atoms with van der Waals surface area (Å²) in [6.45, 7) is 1.69. The highest BCUT2D eigenvalue weighted by Gasteiger charge is 2.18. The Kier molecular flexibility index (Phi) is 5.08. The molecule has 1 aliphatic rings. The first-order valence-corrected chi connectivity index (χ1v) is 8.25. The van der Waals surface area contributed by atoms with Crippen molar-refractivity contribution in [1.82, 2.24) is 14.6 Å². The minimum atomic E-state index is -3.57. The lowest BCUT2D eigenvalue weighted by Gasteiger charge is -2.26. The zero-order valence-corrected chi connectivity index (χ0v) is 12.1. The van der Waals surface area contributed by atoms with Gasteiger partial charge in [0.25, 0.3) is 0 Å². The van der Waals surface area contributed by atoms with E-state index in [0.29, 0.717) is 0 Å². The summed E-state index contributed by atoms with van der Waals surface area (Å²) in [5.74, 6) is 0.0126. The molecule has 0 bridgehead atoms. The third-order valence-electron chi connectivity index (χ3n) is 3.28. The van der Waals surface area contributed by atoms with Crippen LogP contribution in [0.1, 0.15) is 25.7 Å². The van der Waals surface area contributed by atoms with Gasteiger partial charge < -0.3 is 4.90 Å². The van der Waals surface area contributed by atoms with Crippen molar-refractivity contribution in [2.24, 2.45) is 0 Å². The summed E-state index contributed by atoms with van der Waals surface area (Å²) < 4.78 is 26.3. The molecule has 110 valence electrons. The van der Waals surface area contributed by atoms with Gasteiger partial charge in [-0.2, -0.15) is 0 Å². The molecule has 1 amide bonds. The van der Waals surface area contributed by atoms with Crippen LogP contribution in [0, 0.1) is 0 Å². The number of hydrogen-bond acceptors (Lipinski definition) is 4. The van der Waals surface area contributed by atoms with Gasteiger partial charge >= 0.3 is 0 Å². The number of rotatable bonds is 5. The summed E-state index contributed by atoms with van der Waals surface area (Å²) in [6.07, 6.45) is 6.23. The number of carbonyl (C=O) groups is 1. The molecule has 0 unspecified atom stereocenters. The SMILES string of the molecule is O=C(CCNS(=O)(=O)c1cccnc1)N1CCCCC1. The Morgan fingerprint density at radius 1 is 1.30 bits per heavy atom. The fourth-order valence-electron chi connectivity index (χ4n) is 2.18. The van der Waals surface area contributed by atoms with Crippen molar-refractivity contribution in [1.29, 1.82) is 0 Å². The summed E-state index contributed by atoms with van der Waals surface area (Å²) in [5, 5.41) is 0. The Bertz CT molecular complexity index is 539. The fourth-order valence-corrected chi connectivity index (χ4v) is 3.18. The van der Waals surface area contributed by atoms with Crippen molar-refractivity contribution in [2.75, 3.05) is 19.6 Å². The van der Waals surface area contributed by atoms with Crippen LogP contribution in [0.25, 0.3) is 0 Å². The van der Waals surface area contributed by atoms with E-state index in [1.54, 1.807) is 6.07 Å². The van der Waals surface area contributed by atoms with Crippen LogP contribution in [0.2, 0.25) is 0 Å². The van der Waals surface area contributed by atoms with Gasteiger partial charge in [-0.05, 0) is 31.4 Å². The Labute approximate surface area is 119 Å². The van der Waals surface area contributed by atoms with Crippen molar-refractivity contribution < 1.29 is 13.2 Å². The van der Waals surface area contributed by atoms with E-state index in [2.05, 4.69) is 9.71 Å². The van der Waals surface area contributed by atoms with Crippen LogP contribution in [0.15, 0.2) is 29.4 Å². The Morgan fingerprint density at radius 2 is 2.05 bits per heavy atom. The smallest absolute Gasteiger partial charge is 0.242 e. The van der Waals surface area contributed by atoms with Crippen molar-refractivity contribution in [2.45, 2.75) is 30.6 Å². The number of likely N-dealkylation sites (tertiary alicyclic amines) is 1. The van der Waals surface area contributed by atoms with Crippen LogP contribution in [0.3, 0.4) is 0 Å². The molecule has 0 aliphatic carbocycles. The second-order valence-corrected chi connectivity index (χ2v) is 6.54. The van der Waals surface area contributed by atoms with Gasteiger partial charge in [0.1, 0.15) is 4.90 Å². The summed E-state index contributed by atoms with van der Waals surface area (Å²) in [5.41, 5.74) is 0. The first kappa shape index (κ1) is 14.9. The molecule has 2 rings (SSSR count). The number of aromatic nitrogens is 1. The minimum Gasteiger partial charge on any atom is -0.343 e. The maximum absolute atomic E-state index is 11.9. The van der Waals surface area contributed by atoms with Gasteiger partial charge in [0.15, 0.2) is 0 Å². The summed E-state index contributed by atoms with van der Waals surface area (Å²) in [4.78, 5) is 17.6. The molecular formula is C13H19N3O3S. The first-order chi connectivity index (χ1) is 9.59. The molecule has 1 aliphatic heterocycles. The monoisotopic (exact) mass is 297 g/mol. The van der Waals surface area contributed by atoms with Crippen LogP contribution < -0.4 is 4.72 Å². The number of sulfonamides is 1. The molecule has 0 spiro atoms. The van der Waals surface area contributed by atoms with Crippen molar-refractivity contribution in [3.63, 3.8) is 0 Å². The van der Waals surface area contributed by atoms with E-state index in [9.17, 15) is 13.2 Å². The molecule has 1 N–H and O–H groups in total. The summed E-state index contributed by atoms with van der Waals surface area (Å²) in [7, 11) is -3.57. The Morgan fingerprint density at radius 3 is 2.70 bits per heavy atom. The molecule has 1 aromatic rings. The fraction of sp³-hybridized carbons (Fsp3) is 0.538. The van der Waals surface area contributed by atoms with Gasteiger partial charge in [0, 0.05) is 38.4 Å². The number of nitrogens with zero attached hydrogens (tertiary/aromatic N) is 2. The maximum Gasteiger partial charge on any atom is 0.242 e. The zero-order chi connectivity index (χ0) is 14.4. The minimum absolute atomic E-state index is 0.0126. The quantitative estimate of drug-likeness (QED) is 0.870. The van der Waals surface area contributed by atoms with Crippen LogP contribution in [-0.2, 0) is 14.8 Å². The van der Waals surface area contributed by atoms with Crippen molar-refractivity contribution in [3.05, 3.63) is 24.5 Å². The highest BCUT2D eigenvalue weighted by Crippen LogP contribution is 2.10. The molecular weight excluding hydrogens is 278 g/mol. The number of piperidine rings is 1. The molecule has 7 heteroatoms. The predicted octanol–water partition coefficient (Wildman–Crippen LogP) is 0.762. The normalized spacial score (nSPS) is 16.1. The van der Waals surface area contributed by atoms with Gasteiger partial charge in [0.05, 0.1) is 0 Å². The van der Waals surface area contributed by atoms with Crippen LogP contribution in [0.4, 0.5) is 0 Å². The van der Waals surface area contributed by atoms with E-state index >= 15 is 0 Å². The van der Waals surface area contributed by atoms with Gasteiger partial charge in [-0.15, -0.1) is 0 Å². The molecule has 1 aromatic heterocycles.